The van der Waals surface area contributed by atoms with E-state index in [1.807, 2.05) is 0 Å². The van der Waals surface area contributed by atoms with Crippen molar-refractivity contribution in [3.8, 4) is 0 Å². The fourth-order valence-corrected chi connectivity index (χ4v) is 2.69. The van der Waals surface area contributed by atoms with Crippen molar-refractivity contribution in [2.24, 2.45) is 0 Å². The van der Waals surface area contributed by atoms with E-state index in [0.717, 1.165) is 0 Å². The zero-order chi connectivity index (χ0) is 19.3. The molecule has 1 aliphatic heterocycles. The van der Waals surface area contributed by atoms with Crippen LogP contribution in [0.3, 0.4) is 0 Å². The van der Waals surface area contributed by atoms with Gasteiger partial charge in [0, 0.05) is 7.11 Å². The van der Waals surface area contributed by atoms with Gasteiger partial charge < -0.3 is 50.0 Å². The molecular formula is C15H28O10. The molecule has 25 heavy (non-hydrogen) atoms. The first-order chi connectivity index (χ1) is 11.7. The van der Waals surface area contributed by atoms with Gasteiger partial charge in [-0.2, -0.15) is 0 Å². The molecule has 0 aromatic rings. The van der Waals surface area contributed by atoms with E-state index >= 15 is 0 Å². The first-order valence-corrected chi connectivity index (χ1v) is 7.85. The van der Waals surface area contributed by atoms with Gasteiger partial charge in [-0.05, 0) is 6.92 Å². The number of hydrogen-bond donors (Lipinski definition) is 7. The number of ether oxygens (including phenoxy) is 3. The highest BCUT2D eigenvalue weighted by molar-refractivity contribution is 5.06. The van der Waals surface area contributed by atoms with Crippen molar-refractivity contribution in [3.05, 3.63) is 12.3 Å². The third-order valence-electron chi connectivity index (χ3n) is 4.11. The van der Waals surface area contributed by atoms with Gasteiger partial charge in [-0.15, -0.1) is 0 Å². The van der Waals surface area contributed by atoms with Crippen molar-refractivity contribution in [1.82, 2.24) is 0 Å². The predicted molar refractivity (Wildman–Crippen MR) is 83.8 cm³/mol. The topological polar surface area (TPSA) is 169 Å². The van der Waals surface area contributed by atoms with E-state index in [2.05, 4.69) is 6.58 Å². The Hall–Kier alpha value is -0.820. The molecule has 10 heteroatoms. The van der Waals surface area contributed by atoms with Crippen LogP contribution in [0.5, 0.6) is 0 Å². The summed E-state index contributed by atoms with van der Waals surface area (Å²) in [5.74, 6) is -0.478. The lowest BCUT2D eigenvalue weighted by Gasteiger charge is -2.45. The fourth-order valence-electron chi connectivity index (χ4n) is 2.69. The minimum atomic E-state index is -1.71. The molecule has 0 amide bonds. The van der Waals surface area contributed by atoms with Gasteiger partial charge in [0.25, 0.3) is 0 Å². The first-order valence-electron chi connectivity index (χ1n) is 7.85. The lowest BCUT2D eigenvalue weighted by Crippen LogP contribution is -2.64. The molecule has 1 fully saturated rings. The molecular weight excluding hydrogens is 340 g/mol. The molecule has 1 saturated heterocycles. The average Bonchev–Trinajstić information content (AvgIpc) is 2.60. The second kappa shape index (κ2) is 9.76. The van der Waals surface area contributed by atoms with Crippen LogP contribution in [-0.4, -0.2) is 111 Å². The van der Waals surface area contributed by atoms with Crippen LogP contribution in [0.1, 0.15) is 6.92 Å². The normalized spacial score (nSPS) is 35.0. The highest BCUT2D eigenvalue weighted by atomic mass is 16.6. The van der Waals surface area contributed by atoms with Crippen molar-refractivity contribution in [2.45, 2.75) is 61.9 Å². The lowest BCUT2D eigenvalue weighted by molar-refractivity contribution is -0.271. The Morgan fingerprint density at radius 2 is 1.76 bits per heavy atom. The second-order valence-electron chi connectivity index (χ2n) is 6.03. The molecule has 1 rings (SSSR count). The summed E-state index contributed by atoms with van der Waals surface area (Å²) in [6.45, 7) is 3.57. The molecule has 148 valence electrons. The Bertz CT molecular complexity index is 419. The number of hydrogen-bond acceptors (Lipinski definition) is 10. The standard InChI is InChI=1S/C15H28O10/c1-6(4-16)24-14(9(20)8(19)5-17)15-11(22)10(21)13(23-3)12(25-15)7(2)18/h6,8-22H,2,4-5H2,1,3H3/t6?,8?,9?,10?,11?,12?,13-,14+,15?/m1/s1. The van der Waals surface area contributed by atoms with Crippen LogP contribution in [0.25, 0.3) is 0 Å². The van der Waals surface area contributed by atoms with Crippen molar-refractivity contribution < 1.29 is 50.0 Å². The molecule has 0 aliphatic carbocycles. The van der Waals surface area contributed by atoms with Gasteiger partial charge in [-0.25, -0.2) is 0 Å². The molecule has 10 nitrogen and oxygen atoms in total. The molecule has 1 heterocycles. The summed E-state index contributed by atoms with van der Waals surface area (Å²) in [6, 6.07) is 0. The Kier molecular flexibility index (Phi) is 8.68. The van der Waals surface area contributed by atoms with E-state index < -0.39 is 73.9 Å². The van der Waals surface area contributed by atoms with Crippen molar-refractivity contribution in [3.63, 3.8) is 0 Å². The van der Waals surface area contributed by atoms with E-state index in [0.29, 0.717) is 0 Å². The molecule has 9 atom stereocenters. The van der Waals surface area contributed by atoms with Gasteiger partial charge in [0.2, 0.25) is 0 Å². The molecule has 0 radical (unpaired) electrons. The van der Waals surface area contributed by atoms with Gasteiger partial charge in [0.15, 0.2) is 0 Å². The number of aliphatic hydroxyl groups is 7. The van der Waals surface area contributed by atoms with Crippen LogP contribution in [0.4, 0.5) is 0 Å². The van der Waals surface area contributed by atoms with Crippen LogP contribution >= 0.6 is 0 Å². The van der Waals surface area contributed by atoms with Gasteiger partial charge >= 0.3 is 0 Å². The minimum Gasteiger partial charge on any atom is -0.510 e. The SMILES string of the molecule is C=C(O)C1OC([C@@H](OC(C)CO)C(O)C(O)CO)C(O)C(O)[C@H]1OC. The summed E-state index contributed by atoms with van der Waals surface area (Å²) in [4.78, 5) is 0. The molecule has 7 N–H and O–H groups in total. The maximum absolute atomic E-state index is 10.3. The maximum atomic E-state index is 10.3. The first kappa shape index (κ1) is 22.2. The van der Waals surface area contributed by atoms with Crippen LogP contribution in [0.2, 0.25) is 0 Å². The smallest absolute Gasteiger partial charge is 0.143 e. The Morgan fingerprint density at radius 1 is 1.16 bits per heavy atom. The lowest BCUT2D eigenvalue weighted by atomic mass is 9.88. The Morgan fingerprint density at radius 3 is 2.20 bits per heavy atom. The molecule has 0 bridgehead atoms. The van der Waals surface area contributed by atoms with E-state index in [1.54, 1.807) is 0 Å². The highest BCUT2D eigenvalue weighted by Crippen LogP contribution is 2.30. The summed E-state index contributed by atoms with van der Waals surface area (Å²) in [6.07, 6.45) is -12.5. The van der Waals surface area contributed by atoms with E-state index in [4.69, 9.17) is 24.4 Å². The van der Waals surface area contributed by atoms with Crippen molar-refractivity contribution in [2.75, 3.05) is 20.3 Å². The van der Waals surface area contributed by atoms with Crippen molar-refractivity contribution >= 4 is 0 Å². The molecule has 0 saturated carbocycles. The maximum Gasteiger partial charge on any atom is 0.143 e. The number of methoxy groups -OCH3 is 1. The third kappa shape index (κ3) is 5.09. The zero-order valence-corrected chi connectivity index (χ0v) is 14.2. The second-order valence-corrected chi connectivity index (χ2v) is 6.03. The highest BCUT2D eigenvalue weighted by Gasteiger charge is 2.51. The van der Waals surface area contributed by atoms with E-state index in [9.17, 15) is 25.5 Å². The van der Waals surface area contributed by atoms with E-state index in [1.165, 1.54) is 14.0 Å². The van der Waals surface area contributed by atoms with Gasteiger partial charge in [0.1, 0.15) is 54.6 Å². The summed E-state index contributed by atoms with van der Waals surface area (Å²) in [7, 11) is 1.24. The van der Waals surface area contributed by atoms with Crippen LogP contribution in [0, 0.1) is 0 Å². The zero-order valence-electron chi connectivity index (χ0n) is 14.2. The average molecular weight is 368 g/mol. The summed E-state index contributed by atoms with van der Waals surface area (Å²) >= 11 is 0. The molecule has 1 aliphatic rings. The monoisotopic (exact) mass is 368 g/mol. The largest absolute Gasteiger partial charge is 0.510 e. The van der Waals surface area contributed by atoms with Gasteiger partial charge in [-0.3, -0.25) is 0 Å². The minimum absolute atomic E-state index is 0.430. The predicted octanol–water partition coefficient (Wildman–Crippen LogP) is -2.96. The summed E-state index contributed by atoms with van der Waals surface area (Å²) < 4.78 is 16.0. The molecule has 0 aromatic heterocycles. The Labute approximate surface area is 145 Å². The summed E-state index contributed by atoms with van der Waals surface area (Å²) in [5.41, 5.74) is 0. The number of aliphatic hydroxyl groups excluding tert-OH is 7. The molecule has 0 spiro atoms. The fraction of sp³-hybridized carbons (Fsp3) is 0.867. The van der Waals surface area contributed by atoms with E-state index in [-0.39, 0.29) is 0 Å². The van der Waals surface area contributed by atoms with Crippen LogP contribution in [-0.2, 0) is 14.2 Å². The quantitative estimate of drug-likeness (QED) is 0.209. The summed E-state index contributed by atoms with van der Waals surface area (Å²) in [5, 5.41) is 68.4. The Balaban J connectivity index is 3.15. The van der Waals surface area contributed by atoms with Gasteiger partial charge in [-0.1, -0.05) is 6.58 Å². The molecule has 0 aromatic carbocycles. The molecule has 7 unspecified atom stereocenters. The third-order valence-corrected chi connectivity index (χ3v) is 4.11. The van der Waals surface area contributed by atoms with Gasteiger partial charge in [0.05, 0.1) is 19.3 Å². The van der Waals surface area contributed by atoms with Crippen LogP contribution in [0.15, 0.2) is 12.3 Å². The van der Waals surface area contributed by atoms with Crippen molar-refractivity contribution in [1.29, 1.82) is 0 Å². The number of rotatable bonds is 9. The van der Waals surface area contributed by atoms with Crippen LogP contribution < -0.4 is 0 Å².